The van der Waals surface area contributed by atoms with Gasteiger partial charge in [-0.25, -0.2) is 4.39 Å². The monoisotopic (exact) mass is 320 g/mol. The van der Waals surface area contributed by atoms with Crippen LogP contribution in [0.25, 0.3) is 0 Å². The van der Waals surface area contributed by atoms with Gasteiger partial charge in [0.15, 0.2) is 5.82 Å². The fourth-order valence-electron chi connectivity index (χ4n) is 2.04. The zero-order valence-corrected chi connectivity index (χ0v) is 13.7. The number of rotatable bonds is 6. The maximum atomic E-state index is 14.1. The molecule has 1 atom stereocenters. The van der Waals surface area contributed by atoms with Crippen LogP contribution in [0.2, 0.25) is 0 Å². The third-order valence-corrected chi connectivity index (χ3v) is 3.60. The van der Waals surface area contributed by atoms with Gasteiger partial charge in [0.25, 0.3) is 0 Å². The second kappa shape index (κ2) is 7.32. The zero-order valence-electron chi connectivity index (χ0n) is 13.7. The summed E-state index contributed by atoms with van der Waals surface area (Å²) in [7, 11) is 1.85. The van der Waals surface area contributed by atoms with E-state index < -0.39 is 11.9 Å². The minimum absolute atomic E-state index is 0.194. The smallest absolute Gasteiger partial charge is 0.235 e. The van der Waals surface area contributed by atoms with Gasteiger partial charge in [0.1, 0.15) is 11.9 Å². The molecule has 124 valence electrons. The van der Waals surface area contributed by atoms with E-state index in [1.54, 1.807) is 25.1 Å². The first-order valence-corrected chi connectivity index (χ1v) is 7.42. The van der Waals surface area contributed by atoms with Gasteiger partial charge in [0, 0.05) is 18.5 Å². The molecule has 2 aromatic rings. The Morgan fingerprint density at radius 2 is 2.09 bits per heavy atom. The van der Waals surface area contributed by atoms with Gasteiger partial charge in [-0.05, 0) is 27.0 Å². The fourth-order valence-corrected chi connectivity index (χ4v) is 2.04. The highest BCUT2D eigenvalue weighted by Crippen LogP contribution is 2.22. The molecule has 0 radical (unpaired) electrons. The standard InChI is InChI=1S/C16H21FN4O2/c1-10(2)21(4)9-14(22)19-15(16-18-11(3)23-20-16)12-7-5-6-8-13(12)17/h5-8,10,15H,9H2,1-4H3,(H,19,22)/t15-/m1/s1. The minimum Gasteiger partial charge on any atom is -0.341 e. The number of amides is 1. The zero-order chi connectivity index (χ0) is 17.0. The Morgan fingerprint density at radius 3 is 2.65 bits per heavy atom. The van der Waals surface area contributed by atoms with Crippen molar-refractivity contribution in [2.75, 3.05) is 13.6 Å². The molecule has 1 heterocycles. The van der Waals surface area contributed by atoms with Gasteiger partial charge in [-0.1, -0.05) is 23.4 Å². The summed E-state index contributed by atoms with van der Waals surface area (Å²) in [6.45, 7) is 5.82. The van der Waals surface area contributed by atoms with E-state index in [2.05, 4.69) is 15.5 Å². The topological polar surface area (TPSA) is 71.3 Å². The van der Waals surface area contributed by atoms with E-state index in [4.69, 9.17) is 4.52 Å². The highest BCUT2D eigenvalue weighted by atomic mass is 19.1. The van der Waals surface area contributed by atoms with Gasteiger partial charge >= 0.3 is 0 Å². The Hall–Kier alpha value is -2.28. The molecule has 1 aromatic carbocycles. The summed E-state index contributed by atoms with van der Waals surface area (Å²) in [5.74, 6) is -0.0857. The molecule has 0 saturated carbocycles. The Labute approximate surface area is 134 Å². The third kappa shape index (κ3) is 4.35. The van der Waals surface area contributed by atoms with Gasteiger partial charge in [-0.3, -0.25) is 9.69 Å². The Kier molecular flexibility index (Phi) is 5.44. The average molecular weight is 320 g/mol. The summed E-state index contributed by atoms with van der Waals surface area (Å²) in [6, 6.07) is 5.65. The summed E-state index contributed by atoms with van der Waals surface area (Å²) in [6.07, 6.45) is 0. The van der Waals surface area contributed by atoms with Crippen molar-refractivity contribution in [1.29, 1.82) is 0 Å². The molecule has 0 fully saturated rings. The molecule has 0 aliphatic heterocycles. The number of carbonyl (C=O) groups is 1. The molecule has 0 unspecified atom stereocenters. The summed E-state index contributed by atoms with van der Waals surface area (Å²) >= 11 is 0. The van der Waals surface area contributed by atoms with Crippen LogP contribution in [0.5, 0.6) is 0 Å². The van der Waals surface area contributed by atoms with Gasteiger partial charge in [0.2, 0.25) is 11.8 Å². The predicted octanol–water partition coefficient (Wildman–Crippen LogP) is 2.06. The lowest BCUT2D eigenvalue weighted by molar-refractivity contribution is -0.122. The van der Waals surface area contributed by atoms with Gasteiger partial charge in [0.05, 0.1) is 6.54 Å². The average Bonchev–Trinajstić information content (AvgIpc) is 2.92. The molecule has 0 aliphatic carbocycles. The van der Waals surface area contributed by atoms with E-state index in [1.807, 2.05) is 25.8 Å². The van der Waals surface area contributed by atoms with Crippen LogP contribution < -0.4 is 5.32 Å². The van der Waals surface area contributed by atoms with Crippen molar-refractivity contribution < 1.29 is 13.7 Å². The van der Waals surface area contributed by atoms with Crippen LogP contribution in [0.1, 0.15) is 37.2 Å². The van der Waals surface area contributed by atoms with E-state index >= 15 is 0 Å². The van der Waals surface area contributed by atoms with Crippen molar-refractivity contribution >= 4 is 5.91 Å². The van der Waals surface area contributed by atoms with Crippen LogP contribution in [0.15, 0.2) is 28.8 Å². The van der Waals surface area contributed by atoms with E-state index in [0.717, 1.165) is 0 Å². The molecule has 7 heteroatoms. The lowest BCUT2D eigenvalue weighted by atomic mass is 10.1. The molecular formula is C16H21FN4O2. The van der Waals surface area contributed by atoms with E-state index in [9.17, 15) is 9.18 Å². The van der Waals surface area contributed by atoms with Crippen molar-refractivity contribution in [3.05, 3.63) is 47.4 Å². The molecule has 1 aromatic heterocycles. The number of nitrogens with zero attached hydrogens (tertiary/aromatic N) is 3. The first kappa shape index (κ1) is 17.1. The van der Waals surface area contributed by atoms with Crippen LogP contribution in [0.4, 0.5) is 4.39 Å². The summed E-state index contributed by atoms with van der Waals surface area (Å²) in [5, 5.41) is 6.60. The predicted molar refractivity (Wildman–Crippen MR) is 83.2 cm³/mol. The second-order valence-electron chi connectivity index (χ2n) is 5.70. The van der Waals surface area contributed by atoms with Crippen molar-refractivity contribution in [2.24, 2.45) is 0 Å². The molecule has 1 N–H and O–H groups in total. The van der Waals surface area contributed by atoms with Crippen LogP contribution in [0, 0.1) is 12.7 Å². The normalized spacial score (nSPS) is 12.7. The first-order valence-electron chi connectivity index (χ1n) is 7.42. The van der Waals surface area contributed by atoms with Gasteiger partial charge in [-0.2, -0.15) is 4.98 Å². The summed E-state index contributed by atoms with van der Waals surface area (Å²) in [5.41, 5.74) is 0.300. The number of aromatic nitrogens is 2. The molecular weight excluding hydrogens is 299 g/mol. The number of aryl methyl sites for hydroxylation is 1. The number of hydrogen-bond donors (Lipinski definition) is 1. The Bertz CT molecular complexity index is 672. The maximum absolute atomic E-state index is 14.1. The van der Waals surface area contributed by atoms with Crippen LogP contribution in [-0.2, 0) is 4.79 Å². The number of carbonyl (C=O) groups excluding carboxylic acids is 1. The molecule has 1 amide bonds. The number of nitrogens with one attached hydrogen (secondary N) is 1. The quantitative estimate of drug-likeness (QED) is 0.882. The second-order valence-corrected chi connectivity index (χ2v) is 5.70. The number of hydrogen-bond acceptors (Lipinski definition) is 5. The van der Waals surface area contributed by atoms with Gasteiger partial charge < -0.3 is 9.84 Å². The lowest BCUT2D eigenvalue weighted by Gasteiger charge is -2.22. The van der Waals surface area contributed by atoms with Crippen LogP contribution in [-0.4, -0.2) is 40.6 Å². The van der Waals surface area contributed by atoms with Gasteiger partial charge in [-0.15, -0.1) is 0 Å². The van der Waals surface area contributed by atoms with Crippen molar-refractivity contribution in [1.82, 2.24) is 20.4 Å². The third-order valence-electron chi connectivity index (χ3n) is 3.60. The fraction of sp³-hybridized carbons (Fsp3) is 0.438. The van der Waals surface area contributed by atoms with Crippen LogP contribution in [0.3, 0.4) is 0 Å². The van der Waals surface area contributed by atoms with Crippen molar-refractivity contribution in [3.63, 3.8) is 0 Å². The molecule has 0 spiro atoms. The van der Waals surface area contributed by atoms with E-state index in [0.29, 0.717) is 11.5 Å². The van der Waals surface area contributed by atoms with Crippen molar-refractivity contribution in [2.45, 2.75) is 32.9 Å². The van der Waals surface area contributed by atoms with Crippen LogP contribution >= 0.6 is 0 Å². The largest absolute Gasteiger partial charge is 0.341 e. The summed E-state index contributed by atoms with van der Waals surface area (Å²) in [4.78, 5) is 18.3. The molecule has 6 nitrogen and oxygen atoms in total. The molecule has 0 saturated heterocycles. The SMILES string of the molecule is Cc1nc([C@H](NC(=O)CN(C)C(C)C)c2ccccc2F)no1. The molecule has 23 heavy (non-hydrogen) atoms. The number of likely N-dealkylation sites (N-methyl/N-ethyl adjacent to an activating group) is 1. The highest BCUT2D eigenvalue weighted by molar-refractivity contribution is 5.78. The van der Waals surface area contributed by atoms with Crippen molar-refractivity contribution in [3.8, 4) is 0 Å². The molecule has 0 bridgehead atoms. The minimum atomic E-state index is -0.790. The Morgan fingerprint density at radius 1 is 1.39 bits per heavy atom. The molecule has 2 rings (SSSR count). The number of halogens is 1. The summed E-state index contributed by atoms with van der Waals surface area (Å²) < 4.78 is 19.1. The first-order chi connectivity index (χ1) is 10.9. The Balaban J connectivity index is 2.25. The van der Waals surface area contributed by atoms with E-state index in [-0.39, 0.29) is 24.3 Å². The highest BCUT2D eigenvalue weighted by Gasteiger charge is 2.25. The lowest BCUT2D eigenvalue weighted by Crippen LogP contribution is -2.40. The van der Waals surface area contributed by atoms with E-state index in [1.165, 1.54) is 6.07 Å². The molecule has 0 aliphatic rings. The number of benzene rings is 1. The maximum Gasteiger partial charge on any atom is 0.235 e.